The van der Waals surface area contributed by atoms with Gasteiger partial charge in [0.25, 0.3) is 0 Å². The van der Waals surface area contributed by atoms with Crippen molar-refractivity contribution < 1.29 is 9.90 Å². The molecule has 0 spiro atoms. The van der Waals surface area contributed by atoms with Gasteiger partial charge in [-0.2, -0.15) is 0 Å². The van der Waals surface area contributed by atoms with Crippen LogP contribution in [-0.2, 0) is 17.9 Å². The number of benzene rings is 1. The van der Waals surface area contributed by atoms with Crippen molar-refractivity contribution in [1.29, 1.82) is 0 Å². The van der Waals surface area contributed by atoms with Gasteiger partial charge >= 0.3 is 0 Å². The van der Waals surface area contributed by atoms with E-state index in [0.29, 0.717) is 6.54 Å². The lowest BCUT2D eigenvalue weighted by atomic mass is 10.2. The molecule has 1 heterocycles. The molecule has 2 N–H and O–H groups in total. The second-order valence-corrected chi connectivity index (χ2v) is 5.22. The highest BCUT2D eigenvalue weighted by molar-refractivity contribution is 5.80. The van der Waals surface area contributed by atoms with Crippen molar-refractivity contribution in [3.8, 4) is 0 Å². The number of rotatable bonds is 6. The maximum atomic E-state index is 11.5. The molecule has 0 unspecified atom stereocenters. The number of pyridine rings is 1. The van der Waals surface area contributed by atoms with Crippen LogP contribution in [0.4, 0.5) is 5.82 Å². The van der Waals surface area contributed by atoms with Gasteiger partial charge in [-0.3, -0.25) is 4.79 Å². The summed E-state index contributed by atoms with van der Waals surface area (Å²) in [5.74, 6) is 0.428. The SMILES string of the molecule is C[C@H](O)C(=O)NCc1cccnc1N(C)Cc1ccccc1. The Labute approximate surface area is 130 Å². The molecule has 0 aliphatic heterocycles. The van der Waals surface area contributed by atoms with Gasteiger partial charge in [-0.1, -0.05) is 36.4 Å². The van der Waals surface area contributed by atoms with Gasteiger partial charge in [-0.25, -0.2) is 4.98 Å². The molecule has 0 aliphatic rings. The molecule has 0 radical (unpaired) electrons. The summed E-state index contributed by atoms with van der Waals surface area (Å²) in [5, 5.41) is 11.9. The first-order valence-corrected chi connectivity index (χ1v) is 7.22. The number of nitrogens with one attached hydrogen (secondary N) is 1. The molecule has 1 aromatic carbocycles. The van der Waals surface area contributed by atoms with Crippen molar-refractivity contribution in [3.05, 3.63) is 59.8 Å². The predicted molar refractivity (Wildman–Crippen MR) is 86.3 cm³/mol. The summed E-state index contributed by atoms with van der Waals surface area (Å²) in [6.45, 7) is 2.52. The number of nitrogens with zero attached hydrogens (tertiary/aromatic N) is 2. The number of aromatic nitrogens is 1. The van der Waals surface area contributed by atoms with E-state index in [2.05, 4.69) is 22.4 Å². The molecule has 5 nitrogen and oxygen atoms in total. The third-order valence-electron chi connectivity index (χ3n) is 3.32. The van der Waals surface area contributed by atoms with Gasteiger partial charge in [0.2, 0.25) is 5.91 Å². The first-order valence-electron chi connectivity index (χ1n) is 7.22. The van der Waals surface area contributed by atoms with Crippen molar-refractivity contribution in [3.63, 3.8) is 0 Å². The number of amides is 1. The van der Waals surface area contributed by atoms with Crippen LogP contribution in [0.25, 0.3) is 0 Å². The Bertz CT molecular complexity index is 614. The summed E-state index contributed by atoms with van der Waals surface area (Å²) < 4.78 is 0. The number of anilines is 1. The summed E-state index contributed by atoms with van der Waals surface area (Å²) >= 11 is 0. The Morgan fingerprint density at radius 2 is 2.00 bits per heavy atom. The lowest BCUT2D eigenvalue weighted by Crippen LogP contribution is -2.32. The lowest BCUT2D eigenvalue weighted by molar-refractivity contribution is -0.128. The molecular weight excluding hydrogens is 278 g/mol. The van der Waals surface area contributed by atoms with Crippen LogP contribution in [0.5, 0.6) is 0 Å². The molecule has 116 valence electrons. The summed E-state index contributed by atoms with van der Waals surface area (Å²) in [5.41, 5.74) is 2.10. The molecule has 5 heteroatoms. The van der Waals surface area contributed by atoms with Crippen molar-refractivity contribution in [2.75, 3.05) is 11.9 Å². The fourth-order valence-electron chi connectivity index (χ4n) is 2.17. The maximum Gasteiger partial charge on any atom is 0.248 e. The zero-order valence-corrected chi connectivity index (χ0v) is 12.9. The third-order valence-corrected chi connectivity index (χ3v) is 3.32. The standard InChI is InChI=1S/C17H21N3O2/c1-13(21)17(22)19-11-15-9-6-10-18-16(15)20(2)12-14-7-4-3-5-8-14/h3-10,13,21H,11-12H2,1-2H3,(H,19,22)/t13-/m0/s1. The van der Waals surface area contributed by atoms with E-state index in [1.807, 2.05) is 42.3 Å². The average molecular weight is 299 g/mol. The van der Waals surface area contributed by atoms with Gasteiger partial charge in [0.05, 0.1) is 0 Å². The number of aliphatic hydroxyl groups excluding tert-OH is 1. The summed E-state index contributed by atoms with van der Waals surface area (Å²) in [6.07, 6.45) is 0.721. The zero-order valence-electron chi connectivity index (χ0n) is 12.9. The van der Waals surface area contributed by atoms with Crippen molar-refractivity contribution in [2.45, 2.75) is 26.1 Å². The molecular formula is C17H21N3O2. The van der Waals surface area contributed by atoms with Crippen LogP contribution in [0, 0.1) is 0 Å². The largest absolute Gasteiger partial charge is 0.384 e. The van der Waals surface area contributed by atoms with Crippen LogP contribution in [0.2, 0.25) is 0 Å². The molecule has 0 saturated carbocycles. The van der Waals surface area contributed by atoms with Gasteiger partial charge in [-0.05, 0) is 18.6 Å². The Morgan fingerprint density at radius 3 is 2.68 bits per heavy atom. The average Bonchev–Trinajstić information content (AvgIpc) is 2.53. The van der Waals surface area contributed by atoms with E-state index in [9.17, 15) is 9.90 Å². The molecule has 1 aromatic heterocycles. The van der Waals surface area contributed by atoms with Crippen LogP contribution in [0.3, 0.4) is 0 Å². The zero-order chi connectivity index (χ0) is 15.9. The van der Waals surface area contributed by atoms with E-state index < -0.39 is 6.10 Å². The van der Waals surface area contributed by atoms with E-state index in [-0.39, 0.29) is 5.91 Å². The fraction of sp³-hybridized carbons (Fsp3) is 0.294. The Hall–Kier alpha value is -2.40. The van der Waals surface area contributed by atoms with E-state index in [1.54, 1.807) is 6.20 Å². The Kier molecular flexibility index (Phi) is 5.49. The normalized spacial score (nSPS) is 11.8. The number of hydrogen-bond donors (Lipinski definition) is 2. The fourth-order valence-corrected chi connectivity index (χ4v) is 2.17. The molecule has 1 amide bonds. The van der Waals surface area contributed by atoms with E-state index in [0.717, 1.165) is 17.9 Å². The highest BCUT2D eigenvalue weighted by Gasteiger charge is 2.12. The second kappa shape index (κ2) is 7.56. The van der Waals surface area contributed by atoms with Crippen molar-refractivity contribution in [1.82, 2.24) is 10.3 Å². The topological polar surface area (TPSA) is 65.5 Å². The van der Waals surface area contributed by atoms with Crippen LogP contribution in [-0.4, -0.2) is 29.1 Å². The molecule has 2 aromatic rings. The first-order chi connectivity index (χ1) is 10.6. The van der Waals surface area contributed by atoms with Gasteiger partial charge in [-0.15, -0.1) is 0 Å². The van der Waals surface area contributed by atoms with Gasteiger partial charge in [0.15, 0.2) is 0 Å². The Morgan fingerprint density at radius 1 is 1.27 bits per heavy atom. The van der Waals surface area contributed by atoms with Crippen LogP contribution < -0.4 is 10.2 Å². The minimum absolute atomic E-state index is 0.339. The van der Waals surface area contributed by atoms with Crippen LogP contribution in [0.1, 0.15) is 18.1 Å². The predicted octanol–water partition coefficient (Wildman–Crippen LogP) is 1.71. The van der Waals surface area contributed by atoms with Crippen molar-refractivity contribution >= 4 is 11.7 Å². The number of carbonyl (C=O) groups excluding carboxylic acids is 1. The molecule has 1 atom stereocenters. The monoisotopic (exact) mass is 299 g/mol. The van der Waals surface area contributed by atoms with Crippen LogP contribution in [0.15, 0.2) is 48.7 Å². The minimum Gasteiger partial charge on any atom is -0.384 e. The number of aliphatic hydroxyl groups is 1. The van der Waals surface area contributed by atoms with Gasteiger partial charge < -0.3 is 15.3 Å². The minimum atomic E-state index is -1.01. The van der Waals surface area contributed by atoms with Crippen molar-refractivity contribution in [2.24, 2.45) is 0 Å². The van der Waals surface area contributed by atoms with Crippen LogP contribution >= 0.6 is 0 Å². The van der Waals surface area contributed by atoms with Gasteiger partial charge in [0, 0.05) is 31.9 Å². The third kappa shape index (κ3) is 4.30. The summed E-state index contributed by atoms with van der Waals surface area (Å²) in [6, 6.07) is 13.9. The van der Waals surface area contributed by atoms with Gasteiger partial charge in [0.1, 0.15) is 11.9 Å². The molecule has 22 heavy (non-hydrogen) atoms. The highest BCUT2D eigenvalue weighted by Crippen LogP contribution is 2.18. The molecule has 0 saturated heterocycles. The highest BCUT2D eigenvalue weighted by atomic mass is 16.3. The quantitative estimate of drug-likeness (QED) is 0.852. The first kappa shape index (κ1) is 16.0. The molecule has 2 rings (SSSR count). The Balaban J connectivity index is 2.08. The number of hydrogen-bond acceptors (Lipinski definition) is 4. The lowest BCUT2D eigenvalue weighted by Gasteiger charge is -2.21. The summed E-state index contributed by atoms with van der Waals surface area (Å²) in [7, 11) is 1.97. The molecule has 0 bridgehead atoms. The smallest absolute Gasteiger partial charge is 0.248 e. The van der Waals surface area contributed by atoms with E-state index in [4.69, 9.17) is 0 Å². The maximum absolute atomic E-state index is 11.5. The van der Waals surface area contributed by atoms with E-state index >= 15 is 0 Å². The molecule has 0 fully saturated rings. The second-order valence-electron chi connectivity index (χ2n) is 5.22. The van der Waals surface area contributed by atoms with E-state index in [1.165, 1.54) is 12.5 Å². The number of carbonyl (C=O) groups is 1. The molecule has 0 aliphatic carbocycles. The summed E-state index contributed by atoms with van der Waals surface area (Å²) in [4.78, 5) is 17.9.